The fourth-order valence-corrected chi connectivity index (χ4v) is 9.40. The second kappa shape index (κ2) is 10.7. The molecular formula is C20H40IrN2P2. The van der Waals surface area contributed by atoms with E-state index in [0.29, 0.717) is 20.6 Å². The summed E-state index contributed by atoms with van der Waals surface area (Å²) in [6.45, 7) is 28.0. The molecule has 0 aromatic carbocycles. The number of rotatable bonds is 4. The minimum atomic E-state index is -0.223. The molecule has 0 amide bonds. The van der Waals surface area contributed by atoms with Gasteiger partial charge in [-0.15, -0.1) is 0 Å². The molecule has 0 bridgehead atoms. The van der Waals surface area contributed by atoms with Crippen LogP contribution in [0.25, 0.3) is 5.32 Å². The van der Waals surface area contributed by atoms with Crippen molar-refractivity contribution < 1.29 is 18.5 Å². The molecule has 0 unspecified atom stereocenters. The quantitative estimate of drug-likeness (QED) is 0.317. The van der Waals surface area contributed by atoms with Crippen molar-refractivity contribution in [3.63, 3.8) is 0 Å². The molecule has 0 aliphatic heterocycles. The zero-order chi connectivity index (χ0) is 20.7. The average Bonchev–Trinajstić information content (AvgIpc) is 2.33. The Morgan fingerprint density at radius 2 is 0.760 bits per heavy atom. The third kappa shape index (κ3) is 11.7. The first kappa shape index (κ1) is 27.7. The van der Waals surface area contributed by atoms with Crippen LogP contribution in [0, 0.1) is 3.84 Å². The van der Waals surface area contributed by atoms with Gasteiger partial charge in [0.15, 0.2) is 0 Å². The van der Waals surface area contributed by atoms with Crippen LogP contribution in [0.15, 0.2) is 24.0 Å². The van der Waals surface area contributed by atoms with Gasteiger partial charge < -0.3 is 5.32 Å². The molecular weight excluding hydrogens is 522 g/mol. The normalized spacial score (nSPS) is 14.3. The molecule has 0 rings (SSSR count). The van der Waals surface area contributed by atoms with Crippen molar-refractivity contribution in [1.29, 1.82) is 3.84 Å². The maximum absolute atomic E-state index is 7.00. The molecule has 25 heavy (non-hydrogen) atoms. The summed E-state index contributed by atoms with van der Waals surface area (Å²) < 4.78 is 7.00. The van der Waals surface area contributed by atoms with E-state index in [4.69, 9.17) is 3.84 Å². The summed E-state index contributed by atoms with van der Waals surface area (Å²) in [7, 11) is -0.445. The summed E-state index contributed by atoms with van der Waals surface area (Å²) in [4.78, 5) is 0. The molecule has 0 N–H and O–H groups in total. The van der Waals surface area contributed by atoms with Crippen LogP contribution < -0.4 is 0 Å². The first-order valence-corrected chi connectivity index (χ1v) is 12.6. The van der Waals surface area contributed by atoms with Gasteiger partial charge in [-0.05, 0) is 20.6 Å². The van der Waals surface area contributed by atoms with Crippen molar-refractivity contribution >= 4 is 15.8 Å². The summed E-state index contributed by atoms with van der Waals surface area (Å²) >= 11 is 1.00. The first-order valence-electron chi connectivity index (χ1n) is 8.74. The van der Waals surface area contributed by atoms with Crippen LogP contribution in [0.2, 0.25) is 0 Å². The summed E-state index contributed by atoms with van der Waals surface area (Å²) in [5.41, 5.74) is 0. The van der Waals surface area contributed by atoms with Gasteiger partial charge in [0.1, 0.15) is 0 Å². The molecule has 0 heterocycles. The van der Waals surface area contributed by atoms with Crippen molar-refractivity contribution in [1.82, 2.24) is 0 Å². The Bertz CT molecular complexity index is 387. The van der Waals surface area contributed by atoms with Crippen LogP contribution >= 0.6 is 15.8 Å². The van der Waals surface area contributed by atoms with Crippen LogP contribution in [-0.2, 0) is 18.5 Å². The van der Waals surface area contributed by atoms with Gasteiger partial charge in [0.25, 0.3) is 0 Å². The summed E-state index contributed by atoms with van der Waals surface area (Å²) in [6, 6.07) is 0. The Kier molecular flexibility index (Phi) is 11.9. The molecule has 0 atom stereocenters. The van der Waals surface area contributed by atoms with Gasteiger partial charge in [-0.3, -0.25) is 0 Å². The van der Waals surface area contributed by atoms with Crippen LogP contribution in [0.4, 0.5) is 0 Å². The summed E-state index contributed by atoms with van der Waals surface area (Å²) in [5, 5.41) is 5.83. The zero-order valence-electron chi connectivity index (χ0n) is 18.4. The summed E-state index contributed by atoms with van der Waals surface area (Å²) in [5.74, 6) is 4.69. The van der Waals surface area contributed by atoms with E-state index in [1.807, 2.05) is 12.4 Å². The average molecular weight is 563 g/mol. The first-order chi connectivity index (χ1) is 11.0. The standard InChI is InChI=1S/C20H40NP2.Ir.N/c1-17(2,3)22(18(4,5)6)15-13-21-14-16-23(19(7,8)9)20(10,11)12;;/h13-16H,1-12H3;;/q-1;+1;/b15-13-,16-14-;;. The molecule has 0 spiro atoms. The van der Waals surface area contributed by atoms with E-state index in [1.54, 1.807) is 0 Å². The fourth-order valence-electron chi connectivity index (χ4n) is 3.17. The van der Waals surface area contributed by atoms with E-state index in [0.717, 1.165) is 18.5 Å². The van der Waals surface area contributed by atoms with Crippen LogP contribution in [0.5, 0.6) is 0 Å². The van der Waals surface area contributed by atoms with Crippen LogP contribution in [-0.4, -0.2) is 20.6 Å². The van der Waals surface area contributed by atoms with E-state index >= 15 is 0 Å². The van der Waals surface area contributed by atoms with Crippen LogP contribution in [0.3, 0.4) is 0 Å². The molecule has 0 aromatic heterocycles. The van der Waals surface area contributed by atoms with Gasteiger partial charge in [0.05, 0.1) is 0 Å². The SMILES string of the molecule is CC(C)(C)P(/C=C\[N-]/C=C\P(C(C)(C)C)C(C)(C)C)C(C)(C)C.[N]#[Ir+]. The molecule has 0 fully saturated rings. The Labute approximate surface area is 171 Å². The van der Waals surface area contributed by atoms with E-state index in [9.17, 15) is 0 Å². The van der Waals surface area contributed by atoms with Gasteiger partial charge >= 0.3 is 22.4 Å². The van der Waals surface area contributed by atoms with Crippen molar-refractivity contribution in [2.24, 2.45) is 0 Å². The number of hydrogen-bond acceptors (Lipinski definition) is 1. The van der Waals surface area contributed by atoms with Crippen molar-refractivity contribution in [2.75, 3.05) is 0 Å². The Morgan fingerprint density at radius 1 is 0.560 bits per heavy atom. The molecule has 2 nitrogen and oxygen atoms in total. The Hall–Kier alpha value is 0.499. The van der Waals surface area contributed by atoms with Crippen LogP contribution in [0.1, 0.15) is 83.1 Å². The molecule has 0 aliphatic carbocycles. The third-order valence-electron chi connectivity index (χ3n) is 3.49. The van der Waals surface area contributed by atoms with Crippen molar-refractivity contribution in [3.05, 3.63) is 29.4 Å². The summed E-state index contributed by atoms with van der Waals surface area (Å²) in [6.07, 6.45) is 4.05. The van der Waals surface area contributed by atoms with Gasteiger partial charge in [0, 0.05) is 0 Å². The van der Waals surface area contributed by atoms with E-state index < -0.39 is 0 Å². The molecule has 0 aromatic rings. The predicted octanol–water partition coefficient (Wildman–Crippen LogP) is 8.47. The topological polar surface area (TPSA) is 37.9 Å². The van der Waals surface area contributed by atoms with Crippen molar-refractivity contribution in [2.45, 2.75) is 104 Å². The molecule has 0 saturated heterocycles. The predicted molar refractivity (Wildman–Crippen MR) is 116 cm³/mol. The third-order valence-corrected chi connectivity index (χ3v) is 10.1. The monoisotopic (exact) mass is 563 g/mol. The van der Waals surface area contributed by atoms with Gasteiger partial charge in [-0.1, -0.05) is 111 Å². The Morgan fingerprint density at radius 3 is 0.920 bits per heavy atom. The number of nitrogens with zero attached hydrogens (tertiary/aromatic N) is 2. The second-order valence-corrected chi connectivity index (χ2v) is 17.6. The molecule has 5 heteroatoms. The number of hydrogen-bond donors (Lipinski definition) is 0. The van der Waals surface area contributed by atoms with Gasteiger partial charge in [0.2, 0.25) is 0 Å². The van der Waals surface area contributed by atoms with E-state index in [1.165, 1.54) is 0 Å². The van der Waals surface area contributed by atoms with Gasteiger partial charge in [-0.2, -0.15) is 12.4 Å². The van der Waals surface area contributed by atoms with E-state index in [-0.39, 0.29) is 15.8 Å². The maximum atomic E-state index is 7.00. The molecule has 0 saturated carbocycles. The van der Waals surface area contributed by atoms with Gasteiger partial charge in [-0.25, -0.2) is 0 Å². The fraction of sp³-hybridized carbons (Fsp3) is 0.800. The molecule has 0 aliphatic rings. The molecule has 149 valence electrons. The second-order valence-electron chi connectivity index (χ2n) is 10.2. The molecule has 0 radical (unpaired) electrons. The van der Waals surface area contributed by atoms with Crippen molar-refractivity contribution in [3.8, 4) is 0 Å². The van der Waals surface area contributed by atoms with E-state index in [2.05, 4.69) is 100 Å². The minimum absolute atomic E-state index is 0.223. The zero-order valence-corrected chi connectivity index (χ0v) is 22.6. The Balaban J connectivity index is 0.